The molecular formula is C25H30N2O5. The Labute approximate surface area is 188 Å². The van der Waals surface area contributed by atoms with E-state index >= 15 is 0 Å². The molecule has 7 nitrogen and oxygen atoms in total. The monoisotopic (exact) mass is 438 g/mol. The molecule has 2 amide bonds. The lowest BCUT2D eigenvalue weighted by atomic mass is 9.90. The largest absolute Gasteiger partial charge is 0.447 e. The number of fused-ring (bicyclic) bond motifs is 1. The number of nitrogens with zero attached hydrogens (tertiary/aromatic N) is 2. The Morgan fingerprint density at radius 1 is 1.12 bits per heavy atom. The van der Waals surface area contributed by atoms with Gasteiger partial charge >= 0.3 is 6.09 Å². The first-order valence-electron chi connectivity index (χ1n) is 11.3. The highest BCUT2D eigenvalue weighted by Crippen LogP contribution is 2.32. The van der Waals surface area contributed by atoms with Crippen molar-refractivity contribution in [2.75, 3.05) is 37.8 Å². The number of imide groups is 1. The molecule has 0 N–H and O–H groups in total. The van der Waals surface area contributed by atoms with Crippen molar-refractivity contribution in [2.45, 2.75) is 32.7 Å². The number of amides is 2. The van der Waals surface area contributed by atoms with Crippen molar-refractivity contribution in [1.82, 2.24) is 4.90 Å². The standard InChI is InChI=1S/C25H30N2O5/c1-17(2)23-16-32-25(30)27(23)24(29)19(9-12-28)15-18-7-8-22(26-10-13-31-14-11-26)21-6-4-3-5-20(18)21/h3-8,12,17,19,23H,9-11,13-16H2,1-2H3/t19-,23+/m0/s1. The molecule has 2 aromatic carbocycles. The molecule has 0 unspecified atom stereocenters. The van der Waals surface area contributed by atoms with Crippen molar-refractivity contribution < 1.29 is 23.9 Å². The summed E-state index contributed by atoms with van der Waals surface area (Å²) in [4.78, 5) is 40.6. The maximum absolute atomic E-state index is 13.4. The van der Waals surface area contributed by atoms with Gasteiger partial charge in [0.1, 0.15) is 12.9 Å². The van der Waals surface area contributed by atoms with Gasteiger partial charge in [0.25, 0.3) is 0 Å². The minimum atomic E-state index is -0.614. The predicted molar refractivity (Wildman–Crippen MR) is 122 cm³/mol. The van der Waals surface area contributed by atoms with Crippen LogP contribution in [0.4, 0.5) is 10.5 Å². The Balaban J connectivity index is 1.65. The van der Waals surface area contributed by atoms with Crippen LogP contribution in [0.1, 0.15) is 25.8 Å². The summed E-state index contributed by atoms with van der Waals surface area (Å²) in [5.74, 6) is -0.868. The number of carbonyl (C=O) groups excluding carboxylic acids is 3. The molecule has 2 aliphatic rings. The van der Waals surface area contributed by atoms with Gasteiger partial charge < -0.3 is 19.2 Å². The molecule has 0 aliphatic carbocycles. The van der Waals surface area contributed by atoms with Crippen LogP contribution in [0.2, 0.25) is 0 Å². The van der Waals surface area contributed by atoms with E-state index in [0.29, 0.717) is 19.6 Å². The quantitative estimate of drug-likeness (QED) is 0.617. The molecule has 7 heteroatoms. The van der Waals surface area contributed by atoms with Gasteiger partial charge in [-0.3, -0.25) is 4.79 Å². The summed E-state index contributed by atoms with van der Waals surface area (Å²) < 4.78 is 10.6. The van der Waals surface area contributed by atoms with Crippen molar-refractivity contribution >= 4 is 34.7 Å². The van der Waals surface area contributed by atoms with Crippen LogP contribution < -0.4 is 4.90 Å². The van der Waals surface area contributed by atoms with E-state index < -0.39 is 12.0 Å². The van der Waals surface area contributed by atoms with E-state index in [1.165, 1.54) is 4.90 Å². The zero-order valence-corrected chi connectivity index (χ0v) is 18.7. The molecule has 0 saturated carbocycles. The minimum Gasteiger partial charge on any atom is -0.447 e. The van der Waals surface area contributed by atoms with Crippen LogP contribution in [-0.2, 0) is 25.5 Å². The van der Waals surface area contributed by atoms with Gasteiger partial charge in [-0.15, -0.1) is 0 Å². The second kappa shape index (κ2) is 9.69. The molecular weight excluding hydrogens is 408 g/mol. The van der Waals surface area contributed by atoms with Gasteiger partial charge in [0.2, 0.25) is 5.91 Å². The third-order valence-corrected chi connectivity index (χ3v) is 6.45. The van der Waals surface area contributed by atoms with Crippen molar-refractivity contribution in [1.29, 1.82) is 0 Å². The van der Waals surface area contributed by atoms with Gasteiger partial charge in [-0.25, -0.2) is 9.69 Å². The number of carbonyl (C=O) groups is 3. The van der Waals surface area contributed by atoms with E-state index in [1.807, 2.05) is 32.0 Å². The summed E-state index contributed by atoms with van der Waals surface area (Å²) >= 11 is 0. The number of hydrogen-bond donors (Lipinski definition) is 0. The Hall–Kier alpha value is -2.93. The number of hydrogen-bond acceptors (Lipinski definition) is 6. The van der Waals surface area contributed by atoms with Crippen LogP contribution in [0.15, 0.2) is 36.4 Å². The summed E-state index contributed by atoms with van der Waals surface area (Å²) in [5.41, 5.74) is 2.14. The molecule has 2 heterocycles. The fourth-order valence-corrected chi connectivity index (χ4v) is 4.63. The van der Waals surface area contributed by atoms with Crippen LogP contribution >= 0.6 is 0 Å². The van der Waals surface area contributed by atoms with Crippen molar-refractivity contribution in [3.63, 3.8) is 0 Å². The number of morpholine rings is 1. The lowest BCUT2D eigenvalue weighted by molar-refractivity contribution is -0.135. The van der Waals surface area contributed by atoms with Crippen LogP contribution in [0.5, 0.6) is 0 Å². The Kier molecular flexibility index (Phi) is 6.74. The summed E-state index contributed by atoms with van der Waals surface area (Å²) in [6, 6.07) is 12.0. The Morgan fingerprint density at radius 2 is 1.84 bits per heavy atom. The Bertz CT molecular complexity index is 999. The normalized spacial score (nSPS) is 20.0. The molecule has 0 radical (unpaired) electrons. The van der Waals surface area contributed by atoms with Gasteiger partial charge in [-0.2, -0.15) is 0 Å². The number of ether oxygens (including phenoxy) is 2. The van der Waals surface area contributed by atoms with Crippen molar-refractivity contribution in [3.05, 3.63) is 42.0 Å². The van der Waals surface area contributed by atoms with Crippen LogP contribution in [0.3, 0.4) is 0 Å². The molecule has 170 valence electrons. The molecule has 0 spiro atoms. The summed E-state index contributed by atoms with van der Waals surface area (Å²) in [5, 5.41) is 2.18. The highest BCUT2D eigenvalue weighted by atomic mass is 16.6. The fourth-order valence-electron chi connectivity index (χ4n) is 4.63. The van der Waals surface area contributed by atoms with Crippen molar-refractivity contribution in [3.8, 4) is 0 Å². The van der Waals surface area contributed by atoms with E-state index in [-0.39, 0.29) is 30.9 Å². The molecule has 0 aromatic heterocycles. The van der Waals surface area contributed by atoms with E-state index in [2.05, 4.69) is 23.1 Å². The lowest BCUT2D eigenvalue weighted by Gasteiger charge is -2.30. The topological polar surface area (TPSA) is 76.2 Å². The average Bonchev–Trinajstić information content (AvgIpc) is 3.20. The molecule has 4 rings (SSSR count). The SMILES string of the molecule is CC(C)[C@H]1COC(=O)N1C(=O)[C@@H](CC=O)Cc1ccc(N2CCOCC2)c2ccccc12. The molecule has 2 aliphatic heterocycles. The number of anilines is 1. The van der Waals surface area contributed by atoms with Gasteiger partial charge in [0, 0.05) is 36.5 Å². The maximum atomic E-state index is 13.4. The van der Waals surface area contributed by atoms with Gasteiger partial charge in [-0.05, 0) is 29.4 Å². The lowest BCUT2D eigenvalue weighted by Crippen LogP contribution is -2.45. The smallest absolute Gasteiger partial charge is 0.416 e. The Morgan fingerprint density at radius 3 is 2.53 bits per heavy atom. The first kappa shape index (κ1) is 22.3. The molecule has 2 atom stereocenters. The second-order valence-electron chi connectivity index (χ2n) is 8.79. The van der Waals surface area contributed by atoms with Crippen molar-refractivity contribution in [2.24, 2.45) is 11.8 Å². The van der Waals surface area contributed by atoms with E-state index in [9.17, 15) is 14.4 Å². The van der Waals surface area contributed by atoms with Crippen LogP contribution in [-0.4, -0.2) is 62.1 Å². The van der Waals surface area contributed by atoms with Gasteiger partial charge in [-0.1, -0.05) is 44.2 Å². The van der Waals surface area contributed by atoms with E-state index in [0.717, 1.165) is 41.4 Å². The van der Waals surface area contributed by atoms with Crippen LogP contribution in [0.25, 0.3) is 10.8 Å². The molecule has 2 aromatic rings. The minimum absolute atomic E-state index is 0.0625. The third-order valence-electron chi connectivity index (χ3n) is 6.45. The number of rotatable bonds is 7. The fraction of sp³-hybridized carbons (Fsp3) is 0.480. The third kappa shape index (κ3) is 4.35. The highest BCUT2D eigenvalue weighted by molar-refractivity contribution is 5.98. The number of aldehydes is 1. The number of cyclic esters (lactones) is 1. The van der Waals surface area contributed by atoms with E-state index in [4.69, 9.17) is 9.47 Å². The summed E-state index contributed by atoms with van der Waals surface area (Å²) in [6.07, 6.45) is 0.596. The predicted octanol–water partition coefficient (Wildman–Crippen LogP) is 3.43. The average molecular weight is 439 g/mol. The van der Waals surface area contributed by atoms with Gasteiger partial charge in [0.05, 0.1) is 19.3 Å². The molecule has 32 heavy (non-hydrogen) atoms. The molecule has 2 saturated heterocycles. The molecule has 2 fully saturated rings. The maximum Gasteiger partial charge on any atom is 0.416 e. The zero-order valence-electron chi connectivity index (χ0n) is 18.7. The summed E-state index contributed by atoms with van der Waals surface area (Å²) in [7, 11) is 0. The first-order valence-corrected chi connectivity index (χ1v) is 11.3. The van der Waals surface area contributed by atoms with E-state index in [1.54, 1.807) is 0 Å². The summed E-state index contributed by atoms with van der Waals surface area (Å²) in [6.45, 7) is 7.20. The van der Waals surface area contributed by atoms with Gasteiger partial charge in [0.15, 0.2) is 0 Å². The van der Waals surface area contributed by atoms with Crippen LogP contribution in [0, 0.1) is 11.8 Å². The zero-order chi connectivity index (χ0) is 22.7. The highest BCUT2D eigenvalue weighted by Gasteiger charge is 2.42. The number of benzene rings is 2. The second-order valence-corrected chi connectivity index (χ2v) is 8.79. The first-order chi connectivity index (χ1) is 15.5. The molecule has 0 bridgehead atoms.